The number of nitrogens with one attached hydrogen (secondary N) is 1. The quantitative estimate of drug-likeness (QED) is 0.452. The molecule has 1 aromatic carbocycles. The second kappa shape index (κ2) is 9.54. The Bertz CT molecular complexity index is 846. The number of guanidine groups is 1. The number of hydrogen-bond acceptors (Lipinski definition) is 6. The largest absolute Gasteiger partial charge is 0.469 e. The third kappa shape index (κ3) is 4.93. The topological polar surface area (TPSA) is 92.9 Å². The molecule has 0 spiro atoms. The van der Waals surface area contributed by atoms with E-state index in [1.54, 1.807) is 7.05 Å². The molecule has 0 saturated carbocycles. The summed E-state index contributed by atoms with van der Waals surface area (Å²) < 4.78 is 10.2. The molecule has 2 unspecified atom stereocenters. The highest BCUT2D eigenvalue weighted by Crippen LogP contribution is 2.24. The highest BCUT2D eigenvalue weighted by Gasteiger charge is 2.36. The third-order valence-electron chi connectivity index (χ3n) is 5.31. The number of carbonyl (C=O) groups is 1. The Morgan fingerprint density at radius 3 is 2.72 bits per heavy atom. The maximum atomic E-state index is 11.9. The lowest BCUT2D eigenvalue weighted by atomic mass is 9.99. The first kappa shape index (κ1) is 20.8. The molecule has 0 bridgehead atoms. The summed E-state index contributed by atoms with van der Waals surface area (Å²) in [5.74, 6) is 2.07. The van der Waals surface area contributed by atoms with E-state index in [9.17, 15) is 4.79 Å². The predicted molar refractivity (Wildman–Crippen MR) is 110 cm³/mol. The first-order valence-corrected chi connectivity index (χ1v) is 10.0. The summed E-state index contributed by atoms with van der Waals surface area (Å²) in [7, 11) is 3.21. The van der Waals surface area contributed by atoms with E-state index in [-0.39, 0.29) is 17.8 Å². The Morgan fingerprint density at radius 1 is 1.34 bits per heavy atom. The number of aromatic nitrogens is 2. The highest BCUT2D eigenvalue weighted by molar-refractivity contribution is 5.82. The second-order valence-corrected chi connectivity index (χ2v) is 7.30. The summed E-state index contributed by atoms with van der Waals surface area (Å²) in [6, 6.07) is 8.14. The van der Waals surface area contributed by atoms with Crippen molar-refractivity contribution in [2.75, 3.05) is 33.8 Å². The van der Waals surface area contributed by atoms with Crippen LogP contribution in [0.4, 0.5) is 0 Å². The van der Waals surface area contributed by atoms with E-state index in [1.807, 2.05) is 19.1 Å². The van der Waals surface area contributed by atoms with Crippen molar-refractivity contribution < 1.29 is 14.1 Å². The van der Waals surface area contributed by atoms with Crippen LogP contribution in [0.1, 0.15) is 25.2 Å². The van der Waals surface area contributed by atoms with Crippen molar-refractivity contribution in [1.82, 2.24) is 20.4 Å². The fourth-order valence-corrected chi connectivity index (χ4v) is 3.58. The smallest absolute Gasteiger partial charge is 0.310 e. The van der Waals surface area contributed by atoms with Crippen LogP contribution in [0, 0.1) is 11.8 Å². The van der Waals surface area contributed by atoms with Gasteiger partial charge in [0.05, 0.1) is 13.0 Å². The highest BCUT2D eigenvalue weighted by atomic mass is 16.5. The minimum absolute atomic E-state index is 0.107. The van der Waals surface area contributed by atoms with Crippen LogP contribution in [0.15, 0.2) is 33.8 Å². The van der Waals surface area contributed by atoms with E-state index >= 15 is 0 Å². The van der Waals surface area contributed by atoms with Gasteiger partial charge in [-0.2, -0.15) is 4.98 Å². The summed E-state index contributed by atoms with van der Waals surface area (Å²) >= 11 is 0. The fraction of sp³-hybridized carbons (Fsp3) is 0.524. The number of likely N-dealkylation sites (tertiary alicyclic amines) is 1. The van der Waals surface area contributed by atoms with Crippen LogP contribution < -0.4 is 5.32 Å². The lowest BCUT2D eigenvalue weighted by molar-refractivity contribution is -0.145. The Labute approximate surface area is 171 Å². The van der Waals surface area contributed by atoms with E-state index in [2.05, 4.69) is 44.4 Å². The zero-order valence-corrected chi connectivity index (χ0v) is 17.5. The Hall–Kier alpha value is -2.90. The molecule has 29 heavy (non-hydrogen) atoms. The summed E-state index contributed by atoms with van der Waals surface area (Å²) in [5.41, 5.74) is 2.12. The van der Waals surface area contributed by atoms with Gasteiger partial charge in [0.25, 0.3) is 5.89 Å². The van der Waals surface area contributed by atoms with Gasteiger partial charge in [-0.05, 0) is 30.0 Å². The van der Waals surface area contributed by atoms with Gasteiger partial charge >= 0.3 is 5.97 Å². The molecular weight excluding hydrogens is 370 g/mol. The molecule has 8 heteroatoms. The second-order valence-electron chi connectivity index (χ2n) is 7.30. The summed E-state index contributed by atoms with van der Waals surface area (Å²) in [5, 5.41) is 7.33. The molecular formula is C21H29N5O3. The Morgan fingerprint density at radius 2 is 2.10 bits per heavy atom. The standard InChI is InChI=1S/C21H29N5O3/c1-5-18-24-19(29-25-18)16-8-6-15(7-9-16)10-11-23-21(22-3)26-12-14(2)17(13-26)20(27)28-4/h6-9,14,17H,5,10-13H2,1-4H3,(H,22,23). The van der Waals surface area contributed by atoms with E-state index in [0.717, 1.165) is 37.5 Å². The minimum Gasteiger partial charge on any atom is -0.469 e. The van der Waals surface area contributed by atoms with Gasteiger partial charge in [0.15, 0.2) is 11.8 Å². The van der Waals surface area contributed by atoms with E-state index in [0.29, 0.717) is 18.3 Å². The van der Waals surface area contributed by atoms with Crippen LogP contribution in [0.25, 0.3) is 11.5 Å². The number of carbonyl (C=O) groups excluding carboxylic acids is 1. The molecule has 2 heterocycles. The number of benzene rings is 1. The molecule has 8 nitrogen and oxygen atoms in total. The SMILES string of the molecule is CCc1noc(-c2ccc(CCNC(=NC)N3CC(C)C(C(=O)OC)C3)cc2)n1. The molecule has 2 atom stereocenters. The summed E-state index contributed by atoms with van der Waals surface area (Å²) in [6.45, 7) is 6.24. The first-order chi connectivity index (χ1) is 14.0. The molecule has 156 valence electrons. The number of rotatable bonds is 6. The van der Waals surface area contributed by atoms with E-state index < -0.39 is 0 Å². The monoisotopic (exact) mass is 399 g/mol. The molecule has 0 aliphatic carbocycles. The van der Waals surface area contributed by atoms with Crippen LogP contribution in [-0.4, -0.2) is 60.8 Å². The molecule has 1 saturated heterocycles. The molecule has 1 N–H and O–H groups in total. The average molecular weight is 399 g/mol. The van der Waals surface area contributed by atoms with Crippen molar-refractivity contribution in [2.45, 2.75) is 26.7 Å². The molecule has 0 amide bonds. The Kier molecular flexibility index (Phi) is 6.85. The van der Waals surface area contributed by atoms with Crippen LogP contribution >= 0.6 is 0 Å². The van der Waals surface area contributed by atoms with Crippen LogP contribution in [0.5, 0.6) is 0 Å². The number of methoxy groups -OCH3 is 1. The fourth-order valence-electron chi connectivity index (χ4n) is 3.58. The van der Waals surface area contributed by atoms with Crippen molar-refractivity contribution in [3.8, 4) is 11.5 Å². The molecule has 3 rings (SSSR count). The lowest BCUT2D eigenvalue weighted by Crippen LogP contribution is -2.41. The molecule has 1 aliphatic rings. The van der Waals surface area contributed by atoms with E-state index in [1.165, 1.54) is 12.7 Å². The van der Waals surface area contributed by atoms with Gasteiger partial charge < -0.3 is 19.5 Å². The molecule has 1 fully saturated rings. The Balaban J connectivity index is 1.51. The van der Waals surface area contributed by atoms with Gasteiger partial charge in [-0.3, -0.25) is 9.79 Å². The zero-order chi connectivity index (χ0) is 20.8. The van der Waals surface area contributed by atoms with Gasteiger partial charge in [0.1, 0.15) is 0 Å². The van der Waals surface area contributed by atoms with Crippen LogP contribution in [-0.2, 0) is 22.4 Å². The van der Waals surface area contributed by atoms with Crippen molar-refractivity contribution in [1.29, 1.82) is 0 Å². The van der Waals surface area contributed by atoms with Crippen molar-refractivity contribution in [2.24, 2.45) is 16.8 Å². The minimum atomic E-state index is -0.150. The number of hydrogen-bond donors (Lipinski definition) is 1. The molecule has 2 aromatic rings. The van der Waals surface area contributed by atoms with Crippen LogP contribution in [0.3, 0.4) is 0 Å². The maximum absolute atomic E-state index is 11.9. The van der Waals surface area contributed by atoms with Crippen molar-refractivity contribution in [3.63, 3.8) is 0 Å². The number of aliphatic imine (C=N–C) groups is 1. The number of nitrogens with zero attached hydrogens (tertiary/aromatic N) is 4. The molecule has 0 radical (unpaired) electrons. The van der Waals surface area contributed by atoms with Gasteiger partial charge in [-0.25, -0.2) is 0 Å². The predicted octanol–water partition coefficient (Wildman–Crippen LogP) is 2.16. The van der Waals surface area contributed by atoms with Crippen molar-refractivity contribution in [3.05, 3.63) is 35.7 Å². The third-order valence-corrected chi connectivity index (χ3v) is 5.31. The summed E-state index contributed by atoms with van der Waals surface area (Å²) in [6.07, 6.45) is 1.61. The van der Waals surface area contributed by atoms with Gasteiger partial charge in [-0.1, -0.05) is 31.1 Å². The maximum Gasteiger partial charge on any atom is 0.310 e. The lowest BCUT2D eigenvalue weighted by Gasteiger charge is -2.21. The average Bonchev–Trinajstić information content (AvgIpc) is 3.38. The number of ether oxygens (including phenoxy) is 1. The first-order valence-electron chi connectivity index (χ1n) is 10.0. The molecule has 1 aromatic heterocycles. The molecule has 1 aliphatic heterocycles. The number of esters is 1. The van der Waals surface area contributed by atoms with Gasteiger partial charge in [0.2, 0.25) is 0 Å². The van der Waals surface area contributed by atoms with Gasteiger partial charge in [-0.15, -0.1) is 0 Å². The normalized spacial score (nSPS) is 19.4. The van der Waals surface area contributed by atoms with Gasteiger partial charge in [0, 0.05) is 38.7 Å². The summed E-state index contributed by atoms with van der Waals surface area (Å²) in [4.78, 5) is 22.8. The van der Waals surface area contributed by atoms with E-state index in [4.69, 9.17) is 9.26 Å². The number of aryl methyl sites for hydroxylation is 1. The van der Waals surface area contributed by atoms with Crippen molar-refractivity contribution >= 4 is 11.9 Å². The zero-order valence-electron chi connectivity index (χ0n) is 17.5. The van der Waals surface area contributed by atoms with Crippen LogP contribution in [0.2, 0.25) is 0 Å².